The van der Waals surface area contributed by atoms with Crippen molar-refractivity contribution in [1.29, 1.82) is 0 Å². The van der Waals surface area contributed by atoms with E-state index in [1.54, 1.807) is 24.3 Å². The van der Waals surface area contributed by atoms with Gasteiger partial charge in [-0.25, -0.2) is 4.79 Å². The smallest absolute Gasteiger partial charge is 0.431 e. The zero-order valence-electron chi connectivity index (χ0n) is 19.3. The van der Waals surface area contributed by atoms with Crippen molar-refractivity contribution in [3.05, 3.63) is 65.7 Å². The zero-order chi connectivity index (χ0) is 23.5. The normalized spacial score (nSPS) is 14.8. The molecule has 1 aliphatic carbocycles. The summed E-state index contributed by atoms with van der Waals surface area (Å²) in [7, 11) is 1.51. The number of hydrogen-bond acceptors (Lipinski definition) is 5. The minimum absolute atomic E-state index is 0.0642. The van der Waals surface area contributed by atoms with Crippen molar-refractivity contribution in [3.63, 3.8) is 0 Å². The molecule has 2 aromatic rings. The van der Waals surface area contributed by atoms with E-state index in [0.717, 1.165) is 37.7 Å². The molecule has 1 fully saturated rings. The summed E-state index contributed by atoms with van der Waals surface area (Å²) in [6, 6.07) is 17.1. The Morgan fingerprint density at radius 3 is 2.39 bits per heavy atom. The molecule has 33 heavy (non-hydrogen) atoms. The molecule has 0 spiro atoms. The molecule has 0 saturated heterocycles. The summed E-state index contributed by atoms with van der Waals surface area (Å²) in [6.45, 7) is 0.687. The maximum Gasteiger partial charge on any atom is 0.431 e. The molecule has 0 aliphatic heterocycles. The van der Waals surface area contributed by atoms with E-state index in [0.29, 0.717) is 30.7 Å². The summed E-state index contributed by atoms with van der Waals surface area (Å²) in [5.74, 6) is 0.00990. The second kappa shape index (κ2) is 12.3. The third-order valence-electron chi connectivity index (χ3n) is 6.25. The van der Waals surface area contributed by atoms with Gasteiger partial charge < -0.3 is 20.0 Å². The average Bonchev–Trinajstić information content (AvgIpc) is 2.87. The number of unbranched alkanes of at least 4 members (excludes halogenated alkanes) is 1. The highest BCUT2D eigenvalue weighted by molar-refractivity contribution is 5.97. The first kappa shape index (κ1) is 24.6. The van der Waals surface area contributed by atoms with Crippen LogP contribution in [0.5, 0.6) is 5.75 Å². The fourth-order valence-corrected chi connectivity index (χ4v) is 4.49. The summed E-state index contributed by atoms with van der Waals surface area (Å²) in [5.41, 5.74) is 1.19. The molecule has 7 nitrogen and oxygen atoms in total. The van der Waals surface area contributed by atoms with Crippen molar-refractivity contribution >= 4 is 12.0 Å². The first-order valence-electron chi connectivity index (χ1n) is 11.7. The SMILES string of the molecule is COc1ccccc1C(=O)N(CC1(c2ccccc2)CCCCC1)OC(=O)NCCCCO. The number of amides is 2. The van der Waals surface area contributed by atoms with Gasteiger partial charge in [-0.2, -0.15) is 5.06 Å². The summed E-state index contributed by atoms with van der Waals surface area (Å²) in [4.78, 5) is 31.8. The molecular weight excluding hydrogens is 420 g/mol. The van der Waals surface area contributed by atoms with Crippen LogP contribution < -0.4 is 10.1 Å². The molecule has 0 bridgehead atoms. The molecule has 1 saturated carbocycles. The molecule has 0 aromatic heterocycles. The highest BCUT2D eigenvalue weighted by Crippen LogP contribution is 2.40. The number of methoxy groups -OCH3 is 1. The number of rotatable bonds is 9. The van der Waals surface area contributed by atoms with Crippen LogP contribution in [0, 0.1) is 0 Å². The standard InChI is InChI=1S/C26H34N2O5/c1-32-23-15-7-6-14-22(23)24(30)28(33-25(31)27-18-10-11-19-29)20-26(16-8-3-9-17-26)21-12-4-2-5-13-21/h2,4-7,12-15,29H,3,8-11,16-20H2,1H3,(H,27,31). The van der Waals surface area contributed by atoms with Crippen LogP contribution in [0.4, 0.5) is 4.79 Å². The number of carbonyl (C=O) groups is 2. The lowest BCUT2D eigenvalue weighted by Gasteiger charge is -2.40. The molecule has 2 aromatic carbocycles. The van der Waals surface area contributed by atoms with E-state index in [1.165, 1.54) is 12.2 Å². The topological polar surface area (TPSA) is 88.1 Å². The number of hydrogen-bond donors (Lipinski definition) is 2. The van der Waals surface area contributed by atoms with Gasteiger partial charge in [-0.3, -0.25) is 4.79 Å². The van der Waals surface area contributed by atoms with Crippen LogP contribution in [-0.2, 0) is 10.3 Å². The minimum atomic E-state index is -0.685. The van der Waals surface area contributed by atoms with E-state index in [2.05, 4.69) is 17.4 Å². The number of ether oxygens (including phenoxy) is 1. The molecule has 0 unspecified atom stereocenters. The Morgan fingerprint density at radius 2 is 1.70 bits per heavy atom. The molecule has 7 heteroatoms. The van der Waals surface area contributed by atoms with Crippen LogP contribution in [0.15, 0.2) is 54.6 Å². The van der Waals surface area contributed by atoms with Gasteiger partial charge in [0.05, 0.1) is 19.2 Å². The Balaban J connectivity index is 1.88. The summed E-state index contributed by atoms with van der Waals surface area (Å²) in [5, 5.41) is 12.8. The number of nitrogens with zero attached hydrogens (tertiary/aromatic N) is 1. The molecule has 0 atom stereocenters. The molecule has 2 N–H and O–H groups in total. The molecular formula is C26H34N2O5. The van der Waals surface area contributed by atoms with E-state index in [-0.39, 0.29) is 18.6 Å². The van der Waals surface area contributed by atoms with Crippen LogP contribution >= 0.6 is 0 Å². The van der Waals surface area contributed by atoms with Gasteiger partial charge in [0.2, 0.25) is 0 Å². The quantitative estimate of drug-likeness (QED) is 0.432. The van der Waals surface area contributed by atoms with Crippen LogP contribution in [0.2, 0.25) is 0 Å². The lowest BCUT2D eigenvalue weighted by atomic mass is 9.69. The Kier molecular flexibility index (Phi) is 9.13. The molecule has 3 rings (SSSR count). The highest BCUT2D eigenvalue weighted by atomic mass is 16.7. The van der Waals surface area contributed by atoms with Crippen LogP contribution in [0.3, 0.4) is 0 Å². The van der Waals surface area contributed by atoms with Crippen molar-refractivity contribution < 1.29 is 24.3 Å². The third kappa shape index (κ3) is 6.48. The second-order valence-electron chi connectivity index (χ2n) is 8.49. The number of benzene rings is 2. The number of nitrogens with one attached hydrogen (secondary N) is 1. The van der Waals surface area contributed by atoms with Crippen molar-refractivity contribution in [2.75, 3.05) is 26.8 Å². The number of para-hydroxylation sites is 1. The number of aliphatic hydroxyl groups excluding tert-OH is 1. The van der Waals surface area contributed by atoms with Crippen LogP contribution in [0.25, 0.3) is 0 Å². The Bertz CT molecular complexity index is 897. The Labute approximate surface area is 195 Å². The third-order valence-corrected chi connectivity index (χ3v) is 6.25. The lowest BCUT2D eigenvalue weighted by molar-refractivity contribution is -0.0846. The largest absolute Gasteiger partial charge is 0.496 e. The fourth-order valence-electron chi connectivity index (χ4n) is 4.49. The first-order chi connectivity index (χ1) is 16.1. The van der Waals surface area contributed by atoms with Gasteiger partial charge in [0.25, 0.3) is 5.91 Å². The lowest BCUT2D eigenvalue weighted by Crippen LogP contribution is -2.47. The zero-order valence-corrected chi connectivity index (χ0v) is 19.3. The first-order valence-corrected chi connectivity index (χ1v) is 11.7. The van der Waals surface area contributed by atoms with Gasteiger partial charge >= 0.3 is 6.09 Å². The molecule has 178 valence electrons. The van der Waals surface area contributed by atoms with Gasteiger partial charge in [-0.15, -0.1) is 0 Å². The predicted octanol–water partition coefficient (Wildman–Crippen LogP) is 4.45. The summed E-state index contributed by atoms with van der Waals surface area (Å²) >= 11 is 0. The Morgan fingerprint density at radius 1 is 1.00 bits per heavy atom. The van der Waals surface area contributed by atoms with Gasteiger partial charge in [-0.1, -0.05) is 61.7 Å². The molecule has 0 heterocycles. The number of hydroxylamine groups is 2. The van der Waals surface area contributed by atoms with Crippen LogP contribution in [-0.4, -0.2) is 49.0 Å². The molecule has 0 radical (unpaired) electrons. The van der Waals surface area contributed by atoms with Gasteiger partial charge in [0, 0.05) is 18.6 Å². The van der Waals surface area contributed by atoms with E-state index in [9.17, 15) is 9.59 Å². The van der Waals surface area contributed by atoms with Crippen molar-refractivity contribution in [2.24, 2.45) is 0 Å². The van der Waals surface area contributed by atoms with Gasteiger partial charge in [0.15, 0.2) is 0 Å². The number of carbonyl (C=O) groups excluding carboxylic acids is 2. The second-order valence-corrected chi connectivity index (χ2v) is 8.49. The van der Waals surface area contributed by atoms with Crippen molar-refractivity contribution in [1.82, 2.24) is 10.4 Å². The monoisotopic (exact) mass is 454 g/mol. The number of aliphatic hydroxyl groups is 1. The van der Waals surface area contributed by atoms with Crippen molar-refractivity contribution in [3.8, 4) is 5.75 Å². The van der Waals surface area contributed by atoms with E-state index >= 15 is 0 Å². The van der Waals surface area contributed by atoms with E-state index in [1.807, 2.05) is 18.2 Å². The summed E-state index contributed by atoms with van der Waals surface area (Å²) in [6.07, 6.45) is 5.61. The van der Waals surface area contributed by atoms with Crippen molar-refractivity contribution in [2.45, 2.75) is 50.4 Å². The van der Waals surface area contributed by atoms with Crippen LogP contribution in [0.1, 0.15) is 60.9 Å². The summed E-state index contributed by atoms with van der Waals surface area (Å²) < 4.78 is 5.39. The minimum Gasteiger partial charge on any atom is -0.496 e. The predicted molar refractivity (Wildman–Crippen MR) is 126 cm³/mol. The maximum atomic E-state index is 13.6. The maximum absolute atomic E-state index is 13.6. The van der Waals surface area contributed by atoms with Gasteiger partial charge in [0.1, 0.15) is 5.75 Å². The van der Waals surface area contributed by atoms with Gasteiger partial charge in [-0.05, 0) is 43.4 Å². The fraction of sp³-hybridized carbons (Fsp3) is 0.462. The molecule has 2 amide bonds. The Hall–Kier alpha value is -3.06. The molecule has 1 aliphatic rings. The van der Waals surface area contributed by atoms with E-state index in [4.69, 9.17) is 14.7 Å². The average molecular weight is 455 g/mol. The van der Waals surface area contributed by atoms with E-state index < -0.39 is 12.0 Å². The highest BCUT2D eigenvalue weighted by Gasteiger charge is 2.39.